The van der Waals surface area contributed by atoms with E-state index < -0.39 is 0 Å². The Morgan fingerprint density at radius 1 is 1.08 bits per heavy atom. The zero-order chi connectivity index (χ0) is 18.0. The summed E-state index contributed by atoms with van der Waals surface area (Å²) >= 11 is 0. The number of H-pyrrole nitrogens is 1. The summed E-state index contributed by atoms with van der Waals surface area (Å²) in [5.41, 5.74) is 3.76. The maximum Gasteiger partial charge on any atom is 0.251 e. The number of benzene rings is 1. The first-order valence-electron chi connectivity index (χ1n) is 8.73. The van der Waals surface area contributed by atoms with Gasteiger partial charge in [0.15, 0.2) is 0 Å². The Labute approximate surface area is 147 Å². The number of aromatic nitrogens is 4. The van der Waals surface area contributed by atoms with Gasteiger partial charge in [0.2, 0.25) is 0 Å². The zero-order valence-corrected chi connectivity index (χ0v) is 15.3. The van der Waals surface area contributed by atoms with Crippen molar-refractivity contribution in [1.29, 1.82) is 0 Å². The first-order chi connectivity index (χ1) is 11.9. The Morgan fingerprint density at radius 2 is 1.88 bits per heavy atom. The van der Waals surface area contributed by atoms with Gasteiger partial charge in [-0.3, -0.25) is 4.79 Å². The van der Waals surface area contributed by atoms with Crippen LogP contribution in [0.15, 0.2) is 29.1 Å². The molecule has 5 nitrogen and oxygen atoms in total. The van der Waals surface area contributed by atoms with E-state index in [0.29, 0.717) is 24.0 Å². The fraction of sp³-hybridized carbons (Fsp3) is 0.400. The lowest BCUT2D eigenvalue weighted by atomic mass is 10.1. The normalized spacial score (nSPS) is 11.4. The fourth-order valence-corrected chi connectivity index (χ4v) is 2.90. The van der Waals surface area contributed by atoms with Gasteiger partial charge in [-0.25, -0.2) is 15.0 Å². The number of rotatable bonds is 5. The minimum Gasteiger partial charge on any atom is -0.310 e. The molecule has 0 aliphatic carbocycles. The molecule has 0 bridgehead atoms. The molecular formula is C20H24N4O. The van der Waals surface area contributed by atoms with E-state index in [1.165, 1.54) is 5.56 Å². The topological polar surface area (TPSA) is 71.5 Å². The van der Waals surface area contributed by atoms with Gasteiger partial charge in [0.05, 0.1) is 11.9 Å². The summed E-state index contributed by atoms with van der Waals surface area (Å²) in [6, 6.07) is 7.76. The van der Waals surface area contributed by atoms with Gasteiger partial charge < -0.3 is 4.98 Å². The molecule has 0 saturated carbocycles. The first kappa shape index (κ1) is 17.3. The van der Waals surface area contributed by atoms with Crippen LogP contribution in [-0.2, 0) is 12.8 Å². The third kappa shape index (κ3) is 4.29. The van der Waals surface area contributed by atoms with E-state index in [-0.39, 0.29) is 5.56 Å². The standard InChI is InChI=1S/C20H24N4O/c1-12(2)5-7-15-10-20(25)24-19(22-15)11-18-21-14(4)16-8-6-13(3)9-17(16)23-18/h6,8-10,12H,5,7,11H2,1-4H3,(H,22,24,25). The van der Waals surface area contributed by atoms with E-state index in [1.807, 2.05) is 13.8 Å². The largest absolute Gasteiger partial charge is 0.310 e. The second-order valence-corrected chi connectivity index (χ2v) is 7.04. The molecule has 0 spiro atoms. The van der Waals surface area contributed by atoms with Gasteiger partial charge in [0.25, 0.3) is 5.56 Å². The molecule has 0 fully saturated rings. The Bertz CT molecular complexity index is 960. The molecular weight excluding hydrogens is 312 g/mol. The monoisotopic (exact) mass is 336 g/mol. The number of hydrogen-bond donors (Lipinski definition) is 1. The Morgan fingerprint density at radius 3 is 2.64 bits per heavy atom. The number of aryl methyl sites for hydroxylation is 3. The van der Waals surface area contributed by atoms with Crippen LogP contribution in [-0.4, -0.2) is 19.9 Å². The van der Waals surface area contributed by atoms with Gasteiger partial charge in [-0.05, 0) is 44.2 Å². The number of aromatic amines is 1. The third-order valence-corrected chi connectivity index (χ3v) is 4.24. The summed E-state index contributed by atoms with van der Waals surface area (Å²) in [6.45, 7) is 8.37. The molecule has 5 heteroatoms. The first-order valence-corrected chi connectivity index (χ1v) is 8.73. The van der Waals surface area contributed by atoms with Crippen LogP contribution in [0.5, 0.6) is 0 Å². The summed E-state index contributed by atoms with van der Waals surface area (Å²) in [5.74, 6) is 1.89. The van der Waals surface area contributed by atoms with E-state index in [1.54, 1.807) is 6.07 Å². The van der Waals surface area contributed by atoms with Crippen LogP contribution < -0.4 is 5.56 Å². The molecule has 1 aromatic carbocycles. The minimum absolute atomic E-state index is 0.114. The second-order valence-electron chi connectivity index (χ2n) is 7.04. The van der Waals surface area contributed by atoms with Crippen LogP contribution >= 0.6 is 0 Å². The second kappa shape index (κ2) is 7.13. The fourth-order valence-electron chi connectivity index (χ4n) is 2.90. The van der Waals surface area contributed by atoms with E-state index in [2.05, 4.69) is 52.0 Å². The van der Waals surface area contributed by atoms with Crippen molar-refractivity contribution in [3.63, 3.8) is 0 Å². The lowest BCUT2D eigenvalue weighted by molar-refractivity contribution is 0.579. The molecule has 1 N–H and O–H groups in total. The van der Waals surface area contributed by atoms with Crippen molar-refractivity contribution < 1.29 is 0 Å². The van der Waals surface area contributed by atoms with E-state index in [0.717, 1.165) is 35.1 Å². The molecule has 0 aliphatic rings. The molecule has 0 amide bonds. The molecule has 25 heavy (non-hydrogen) atoms. The van der Waals surface area contributed by atoms with Gasteiger partial charge in [-0.15, -0.1) is 0 Å². The molecule has 0 atom stereocenters. The molecule has 3 rings (SSSR count). The molecule has 0 saturated heterocycles. The van der Waals surface area contributed by atoms with Crippen molar-refractivity contribution in [3.8, 4) is 0 Å². The highest BCUT2D eigenvalue weighted by molar-refractivity contribution is 5.81. The average Bonchev–Trinajstić information content (AvgIpc) is 2.52. The van der Waals surface area contributed by atoms with Crippen LogP contribution in [0.1, 0.15) is 48.9 Å². The SMILES string of the molecule is Cc1ccc2c(C)nc(Cc3nc(CCC(C)C)cc(=O)[nH]3)nc2c1. The lowest BCUT2D eigenvalue weighted by Crippen LogP contribution is -2.14. The summed E-state index contributed by atoms with van der Waals surface area (Å²) in [7, 11) is 0. The highest BCUT2D eigenvalue weighted by atomic mass is 16.1. The third-order valence-electron chi connectivity index (χ3n) is 4.24. The minimum atomic E-state index is -0.114. The van der Waals surface area contributed by atoms with Crippen LogP contribution in [0.25, 0.3) is 10.9 Å². The van der Waals surface area contributed by atoms with Crippen molar-refractivity contribution in [2.45, 2.75) is 47.0 Å². The maximum absolute atomic E-state index is 11.9. The molecule has 0 aliphatic heterocycles. The van der Waals surface area contributed by atoms with Crippen molar-refractivity contribution in [2.24, 2.45) is 5.92 Å². The Hall–Kier alpha value is -2.56. The van der Waals surface area contributed by atoms with Crippen LogP contribution in [0.4, 0.5) is 0 Å². The number of nitrogens with zero attached hydrogens (tertiary/aromatic N) is 3. The molecule has 2 heterocycles. The maximum atomic E-state index is 11.9. The quantitative estimate of drug-likeness (QED) is 0.774. The van der Waals surface area contributed by atoms with Crippen molar-refractivity contribution in [1.82, 2.24) is 19.9 Å². The van der Waals surface area contributed by atoms with E-state index in [4.69, 9.17) is 0 Å². The summed E-state index contributed by atoms with van der Waals surface area (Å²) in [4.78, 5) is 28.6. The molecule has 0 unspecified atom stereocenters. The molecule has 2 aromatic heterocycles. The van der Waals surface area contributed by atoms with Crippen molar-refractivity contribution >= 4 is 10.9 Å². The van der Waals surface area contributed by atoms with Gasteiger partial charge in [-0.2, -0.15) is 0 Å². The lowest BCUT2D eigenvalue weighted by Gasteiger charge is -2.08. The van der Waals surface area contributed by atoms with Gasteiger partial charge in [0, 0.05) is 22.8 Å². The predicted molar refractivity (Wildman–Crippen MR) is 99.8 cm³/mol. The zero-order valence-electron chi connectivity index (χ0n) is 15.3. The Kier molecular flexibility index (Phi) is 4.93. The average molecular weight is 336 g/mol. The summed E-state index contributed by atoms with van der Waals surface area (Å²) in [5, 5.41) is 1.06. The van der Waals surface area contributed by atoms with Crippen molar-refractivity contribution in [2.75, 3.05) is 0 Å². The van der Waals surface area contributed by atoms with E-state index in [9.17, 15) is 4.79 Å². The molecule has 3 aromatic rings. The summed E-state index contributed by atoms with van der Waals surface area (Å²) < 4.78 is 0. The van der Waals surface area contributed by atoms with Crippen LogP contribution in [0, 0.1) is 19.8 Å². The van der Waals surface area contributed by atoms with Gasteiger partial charge in [-0.1, -0.05) is 26.0 Å². The van der Waals surface area contributed by atoms with Crippen LogP contribution in [0.3, 0.4) is 0 Å². The van der Waals surface area contributed by atoms with Gasteiger partial charge >= 0.3 is 0 Å². The number of fused-ring (bicyclic) bond motifs is 1. The molecule has 130 valence electrons. The number of nitrogens with one attached hydrogen (secondary N) is 1. The van der Waals surface area contributed by atoms with Crippen molar-refractivity contribution in [3.05, 3.63) is 63.2 Å². The highest BCUT2D eigenvalue weighted by Gasteiger charge is 2.09. The Balaban J connectivity index is 1.91. The summed E-state index contributed by atoms with van der Waals surface area (Å²) in [6.07, 6.45) is 2.25. The van der Waals surface area contributed by atoms with Crippen LogP contribution in [0.2, 0.25) is 0 Å². The highest BCUT2D eigenvalue weighted by Crippen LogP contribution is 2.17. The number of hydrogen-bond acceptors (Lipinski definition) is 4. The van der Waals surface area contributed by atoms with E-state index >= 15 is 0 Å². The smallest absolute Gasteiger partial charge is 0.251 e. The predicted octanol–water partition coefficient (Wildman–Crippen LogP) is 3.51. The van der Waals surface area contributed by atoms with Gasteiger partial charge in [0.1, 0.15) is 11.6 Å². The molecule has 0 radical (unpaired) electrons.